The van der Waals surface area contributed by atoms with Crippen LogP contribution in [0.3, 0.4) is 0 Å². The summed E-state index contributed by atoms with van der Waals surface area (Å²) in [5.74, 6) is 0.570. The number of carbonyl (C=O) groups excluding carboxylic acids is 1. The van der Waals surface area contributed by atoms with E-state index in [2.05, 4.69) is 15.3 Å². The van der Waals surface area contributed by atoms with Gasteiger partial charge in [0.05, 0.1) is 0 Å². The Bertz CT molecular complexity index is 384. The van der Waals surface area contributed by atoms with Gasteiger partial charge in [0.2, 0.25) is 0 Å². The van der Waals surface area contributed by atoms with E-state index in [0.29, 0.717) is 17.6 Å². The summed E-state index contributed by atoms with van der Waals surface area (Å²) < 4.78 is 0. The lowest BCUT2D eigenvalue weighted by Gasteiger charge is -2.15. The van der Waals surface area contributed by atoms with Gasteiger partial charge < -0.3 is 5.32 Å². The number of aromatic nitrogens is 2. The fourth-order valence-corrected chi connectivity index (χ4v) is 2.27. The lowest BCUT2D eigenvalue weighted by atomic mass is 10.1. The van der Waals surface area contributed by atoms with Crippen LogP contribution in [0.4, 0.5) is 0 Å². The number of amides is 1. The van der Waals surface area contributed by atoms with Crippen molar-refractivity contribution in [2.75, 3.05) is 0 Å². The molecule has 1 aliphatic rings. The lowest BCUT2D eigenvalue weighted by Crippen LogP contribution is -2.35. The van der Waals surface area contributed by atoms with E-state index >= 15 is 0 Å². The fourth-order valence-electron chi connectivity index (χ4n) is 2.27. The predicted octanol–water partition coefficient (Wildman–Crippen LogP) is 2.24. The summed E-state index contributed by atoms with van der Waals surface area (Å²) in [4.78, 5) is 20.1. The maximum absolute atomic E-state index is 12.0. The standard InChI is InChI=1S/C13H19N3O/c1-10-14-9-8-12(15-10)13(17)16-11-6-4-2-3-5-7-11/h8-9,11H,2-7H2,1H3,(H,16,17). The highest BCUT2D eigenvalue weighted by Gasteiger charge is 2.16. The van der Waals surface area contributed by atoms with Gasteiger partial charge in [0.1, 0.15) is 11.5 Å². The zero-order chi connectivity index (χ0) is 12.1. The second-order valence-electron chi connectivity index (χ2n) is 4.65. The van der Waals surface area contributed by atoms with Crippen molar-refractivity contribution < 1.29 is 4.79 Å². The number of nitrogens with one attached hydrogen (secondary N) is 1. The molecule has 1 saturated carbocycles. The van der Waals surface area contributed by atoms with E-state index in [4.69, 9.17) is 0 Å². The Morgan fingerprint density at radius 2 is 2.00 bits per heavy atom. The maximum atomic E-state index is 12.0. The SMILES string of the molecule is Cc1nccc(C(=O)NC2CCCCCC2)n1. The maximum Gasteiger partial charge on any atom is 0.270 e. The average molecular weight is 233 g/mol. The van der Waals surface area contributed by atoms with Crippen molar-refractivity contribution in [3.8, 4) is 0 Å². The molecule has 92 valence electrons. The number of hydrogen-bond acceptors (Lipinski definition) is 3. The number of aryl methyl sites for hydroxylation is 1. The molecule has 0 atom stereocenters. The molecular formula is C13H19N3O. The topological polar surface area (TPSA) is 54.9 Å². The molecule has 0 radical (unpaired) electrons. The van der Waals surface area contributed by atoms with Gasteiger partial charge in [0.25, 0.3) is 5.91 Å². The van der Waals surface area contributed by atoms with Crippen LogP contribution in [0, 0.1) is 6.92 Å². The minimum absolute atomic E-state index is 0.0672. The summed E-state index contributed by atoms with van der Waals surface area (Å²) in [5.41, 5.74) is 0.474. The lowest BCUT2D eigenvalue weighted by molar-refractivity contribution is 0.0928. The summed E-state index contributed by atoms with van der Waals surface area (Å²) in [5, 5.41) is 3.07. The van der Waals surface area contributed by atoms with Crippen LogP contribution in [0.25, 0.3) is 0 Å². The number of hydrogen-bond donors (Lipinski definition) is 1. The Kier molecular flexibility index (Phi) is 4.07. The second-order valence-corrected chi connectivity index (χ2v) is 4.65. The van der Waals surface area contributed by atoms with Crippen LogP contribution in [0.5, 0.6) is 0 Å². The minimum Gasteiger partial charge on any atom is -0.348 e. The largest absolute Gasteiger partial charge is 0.348 e. The molecule has 1 aromatic rings. The summed E-state index contributed by atoms with van der Waals surface area (Å²) in [6.45, 7) is 1.79. The quantitative estimate of drug-likeness (QED) is 0.797. The number of carbonyl (C=O) groups is 1. The van der Waals surface area contributed by atoms with Crippen LogP contribution in [0.1, 0.15) is 54.8 Å². The zero-order valence-electron chi connectivity index (χ0n) is 10.3. The van der Waals surface area contributed by atoms with Crippen molar-refractivity contribution in [1.29, 1.82) is 0 Å². The molecule has 1 N–H and O–H groups in total. The molecule has 0 spiro atoms. The summed E-state index contributed by atoms with van der Waals surface area (Å²) in [7, 11) is 0. The van der Waals surface area contributed by atoms with Crippen molar-refractivity contribution in [3.05, 3.63) is 23.8 Å². The van der Waals surface area contributed by atoms with Gasteiger partial charge in [0.15, 0.2) is 0 Å². The Morgan fingerprint density at radius 3 is 2.65 bits per heavy atom. The second kappa shape index (κ2) is 5.75. The van der Waals surface area contributed by atoms with Crippen LogP contribution in [-0.2, 0) is 0 Å². The van der Waals surface area contributed by atoms with Crippen molar-refractivity contribution >= 4 is 5.91 Å². The number of nitrogens with zero attached hydrogens (tertiary/aromatic N) is 2. The molecule has 1 heterocycles. The van der Waals surface area contributed by atoms with E-state index < -0.39 is 0 Å². The molecule has 17 heavy (non-hydrogen) atoms. The monoisotopic (exact) mass is 233 g/mol. The smallest absolute Gasteiger partial charge is 0.270 e. The van der Waals surface area contributed by atoms with E-state index in [1.165, 1.54) is 25.7 Å². The van der Waals surface area contributed by atoms with Gasteiger partial charge in [-0.25, -0.2) is 9.97 Å². The van der Waals surface area contributed by atoms with E-state index in [-0.39, 0.29) is 5.91 Å². The summed E-state index contributed by atoms with van der Waals surface area (Å²) in [6, 6.07) is 1.99. The van der Waals surface area contributed by atoms with E-state index in [1.807, 2.05) is 0 Å². The van der Waals surface area contributed by atoms with E-state index in [9.17, 15) is 4.79 Å². The van der Waals surface area contributed by atoms with E-state index in [1.54, 1.807) is 19.2 Å². The first-order valence-electron chi connectivity index (χ1n) is 6.36. The van der Waals surface area contributed by atoms with E-state index in [0.717, 1.165) is 12.8 Å². The number of rotatable bonds is 2. The van der Waals surface area contributed by atoms with Gasteiger partial charge in [-0.15, -0.1) is 0 Å². The molecule has 4 nitrogen and oxygen atoms in total. The molecule has 1 amide bonds. The zero-order valence-corrected chi connectivity index (χ0v) is 10.3. The summed E-state index contributed by atoms with van der Waals surface area (Å²) in [6.07, 6.45) is 8.83. The van der Waals surface area contributed by atoms with Crippen LogP contribution < -0.4 is 5.32 Å². The third-order valence-corrected chi connectivity index (χ3v) is 3.20. The first kappa shape index (κ1) is 12.0. The van der Waals surface area contributed by atoms with Crippen LogP contribution in [0.15, 0.2) is 12.3 Å². The molecular weight excluding hydrogens is 214 g/mol. The molecule has 1 aliphatic carbocycles. The van der Waals surface area contributed by atoms with Crippen molar-refractivity contribution in [3.63, 3.8) is 0 Å². The van der Waals surface area contributed by atoms with Crippen molar-refractivity contribution in [2.24, 2.45) is 0 Å². The molecule has 1 aromatic heterocycles. The Morgan fingerprint density at radius 1 is 1.29 bits per heavy atom. The molecule has 0 bridgehead atoms. The molecule has 4 heteroatoms. The fraction of sp³-hybridized carbons (Fsp3) is 0.615. The van der Waals surface area contributed by atoms with Crippen LogP contribution >= 0.6 is 0 Å². The molecule has 1 fully saturated rings. The normalized spacial score (nSPS) is 17.5. The summed E-state index contributed by atoms with van der Waals surface area (Å²) >= 11 is 0. The highest BCUT2D eigenvalue weighted by molar-refractivity contribution is 5.92. The molecule has 0 aliphatic heterocycles. The van der Waals surface area contributed by atoms with Gasteiger partial charge in [-0.2, -0.15) is 0 Å². The third kappa shape index (κ3) is 3.51. The highest BCUT2D eigenvalue weighted by Crippen LogP contribution is 2.17. The Hall–Kier alpha value is -1.45. The van der Waals surface area contributed by atoms with Crippen LogP contribution in [0.2, 0.25) is 0 Å². The molecule has 0 aromatic carbocycles. The van der Waals surface area contributed by atoms with Crippen LogP contribution in [-0.4, -0.2) is 21.9 Å². The highest BCUT2D eigenvalue weighted by atomic mass is 16.1. The molecule has 2 rings (SSSR count). The third-order valence-electron chi connectivity index (χ3n) is 3.20. The minimum atomic E-state index is -0.0672. The van der Waals surface area contributed by atoms with Crippen molar-refractivity contribution in [1.82, 2.24) is 15.3 Å². The van der Waals surface area contributed by atoms with Gasteiger partial charge in [-0.05, 0) is 25.8 Å². The van der Waals surface area contributed by atoms with Gasteiger partial charge in [-0.3, -0.25) is 4.79 Å². The molecule has 0 unspecified atom stereocenters. The van der Waals surface area contributed by atoms with Gasteiger partial charge in [-0.1, -0.05) is 25.7 Å². The van der Waals surface area contributed by atoms with Crippen molar-refractivity contribution in [2.45, 2.75) is 51.5 Å². The first-order valence-corrected chi connectivity index (χ1v) is 6.36. The molecule has 0 saturated heterocycles. The van der Waals surface area contributed by atoms with Gasteiger partial charge in [0, 0.05) is 12.2 Å². The van der Waals surface area contributed by atoms with Gasteiger partial charge >= 0.3 is 0 Å². The first-order chi connectivity index (χ1) is 8.25. The predicted molar refractivity (Wildman–Crippen MR) is 65.7 cm³/mol. The Balaban J connectivity index is 1.96. The Labute approximate surface area is 102 Å². The average Bonchev–Trinajstić information content (AvgIpc) is 2.57.